The van der Waals surface area contributed by atoms with Crippen molar-refractivity contribution in [2.45, 2.75) is 49.9 Å². The molecular formula is C32H31F3N6O3. The first-order valence-electron chi connectivity index (χ1n) is 14.8. The van der Waals surface area contributed by atoms with Crippen molar-refractivity contribution < 1.29 is 28.1 Å². The van der Waals surface area contributed by atoms with Crippen molar-refractivity contribution in [3.63, 3.8) is 0 Å². The number of aromatic hydroxyl groups is 1. The largest absolute Gasteiger partial charge is 0.508 e. The summed E-state index contributed by atoms with van der Waals surface area (Å²) in [6, 6.07) is 5.27. The van der Waals surface area contributed by atoms with Crippen LogP contribution in [0, 0.1) is 24.0 Å². The van der Waals surface area contributed by atoms with Crippen LogP contribution in [0.15, 0.2) is 30.5 Å². The number of benzene rings is 2. The predicted molar refractivity (Wildman–Crippen MR) is 159 cm³/mol. The standard InChI is InChI=1S/C32H31F3N6O3/c1-2-22-25(34)7-6-18-11-21(43)12-23(26(18)22)28-27(35)29-24(15-36-28)30(41-10-3-5-20(42)14-37-41)39-31(38-29)44-17-32-8-4-9-40(32)16-19(33)13-32/h1,6-7,11-12,15,19-20,37,42-43H,3-5,8-10,13-14,16-17H2/t19-,20?,32+/m1/s1. The van der Waals surface area contributed by atoms with Gasteiger partial charge in [-0.15, -0.1) is 6.42 Å². The van der Waals surface area contributed by atoms with Crippen LogP contribution >= 0.6 is 0 Å². The number of halogens is 3. The first kappa shape index (κ1) is 28.6. The number of aliphatic hydroxyl groups excluding tert-OH is 1. The quantitative estimate of drug-likeness (QED) is 0.289. The Hall–Kier alpha value is -4.18. The van der Waals surface area contributed by atoms with Crippen molar-refractivity contribution >= 4 is 27.5 Å². The molecule has 2 aromatic heterocycles. The molecule has 44 heavy (non-hydrogen) atoms. The second kappa shape index (κ2) is 11.1. The summed E-state index contributed by atoms with van der Waals surface area (Å²) in [6.45, 7) is 2.02. The lowest BCUT2D eigenvalue weighted by atomic mass is 9.95. The summed E-state index contributed by atoms with van der Waals surface area (Å²) >= 11 is 0. The molecule has 228 valence electrons. The zero-order chi connectivity index (χ0) is 30.6. The van der Waals surface area contributed by atoms with E-state index in [1.165, 1.54) is 30.5 Å². The van der Waals surface area contributed by atoms with Crippen molar-refractivity contribution in [1.29, 1.82) is 0 Å². The number of phenols is 1. The Morgan fingerprint density at radius 2 is 2.05 bits per heavy atom. The van der Waals surface area contributed by atoms with E-state index in [2.05, 4.69) is 31.2 Å². The van der Waals surface area contributed by atoms with Gasteiger partial charge < -0.3 is 14.9 Å². The molecule has 0 radical (unpaired) electrons. The highest BCUT2D eigenvalue weighted by Gasteiger charge is 2.49. The summed E-state index contributed by atoms with van der Waals surface area (Å²) in [4.78, 5) is 15.6. The Morgan fingerprint density at radius 3 is 2.89 bits per heavy atom. The summed E-state index contributed by atoms with van der Waals surface area (Å²) in [5.74, 6) is 0.976. The molecule has 0 aliphatic carbocycles. The number of aliphatic hydroxyl groups is 1. The van der Waals surface area contributed by atoms with Crippen LogP contribution in [-0.2, 0) is 0 Å². The van der Waals surface area contributed by atoms with Crippen molar-refractivity contribution in [2.24, 2.45) is 0 Å². The molecule has 0 spiro atoms. The number of nitrogens with one attached hydrogen (secondary N) is 1. The van der Waals surface area contributed by atoms with E-state index in [0.29, 0.717) is 43.6 Å². The van der Waals surface area contributed by atoms with E-state index in [0.717, 1.165) is 19.4 Å². The number of aromatic nitrogens is 3. The number of fused-ring (bicyclic) bond motifs is 3. The normalized spacial score (nSPS) is 24.0. The number of β-amino-alcohol motifs (C(OH)–C–C–N with tert-alkyl or cyclic N) is 1. The van der Waals surface area contributed by atoms with E-state index >= 15 is 4.39 Å². The number of hydrazine groups is 1. The SMILES string of the molecule is C#Cc1c(F)ccc2cc(O)cc(-c3ncc4c(N5CCCC(O)CN5)nc(OC[C@@]56CCCN5C[C@H](F)C6)nc4c3F)c12. The van der Waals surface area contributed by atoms with E-state index in [9.17, 15) is 19.0 Å². The molecule has 3 aliphatic heterocycles. The number of terminal acetylenes is 1. The molecule has 9 nitrogen and oxygen atoms in total. The second-order valence-electron chi connectivity index (χ2n) is 11.8. The number of anilines is 1. The molecule has 3 saturated heterocycles. The van der Waals surface area contributed by atoms with Gasteiger partial charge in [-0.25, -0.2) is 18.6 Å². The fourth-order valence-corrected chi connectivity index (χ4v) is 6.94. The van der Waals surface area contributed by atoms with E-state index in [1.54, 1.807) is 5.01 Å². The van der Waals surface area contributed by atoms with Crippen LogP contribution in [0.4, 0.5) is 19.0 Å². The Balaban J connectivity index is 1.38. The summed E-state index contributed by atoms with van der Waals surface area (Å²) in [7, 11) is 0. The fourth-order valence-electron chi connectivity index (χ4n) is 6.94. The van der Waals surface area contributed by atoms with Crippen molar-refractivity contribution in [2.75, 3.05) is 37.8 Å². The minimum atomic E-state index is -0.944. The monoisotopic (exact) mass is 604 g/mol. The van der Waals surface area contributed by atoms with Crippen LogP contribution in [0.2, 0.25) is 0 Å². The Kier molecular flexibility index (Phi) is 7.19. The van der Waals surface area contributed by atoms with Crippen LogP contribution in [0.1, 0.15) is 37.7 Å². The van der Waals surface area contributed by atoms with Crippen LogP contribution in [0.3, 0.4) is 0 Å². The number of ether oxygens (including phenoxy) is 1. The maximum atomic E-state index is 16.7. The number of alkyl halides is 1. The van der Waals surface area contributed by atoms with E-state index in [4.69, 9.17) is 11.2 Å². The van der Waals surface area contributed by atoms with E-state index in [-0.39, 0.29) is 58.0 Å². The van der Waals surface area contributed by atoms with Crippen LogP contribution < -0.4 is 15.2 Å². The molecular weight excluding hydrogens is 573 g/mol. The lowest BCUT2D eigenvalue weighted by molar-refractivity contribution is 0.107. The zero-order valence-corrected chi connectivity index (χ0v) is 23.9. The average Bonchev–Trinajstić information content (AvgIpc) is 3.44. The fraction of sp³-hybridized carbons (Fsp3) is 0.406. The van der Waals surface area contributed by atoms with Crippen LogP contribution in [0.25, 0.3) is 32.9 Å². The highest BCUT2D eigenvalue weighted by atomic mass is 19.1. The predicted octanol–water partition coefficient (Wildman–Crippen LogP) is 4.23. The summed E-state index contributed by atoms with van der Waals surface area (Å²) in [6.07, 6.45) is 8.85. The van der Waals surface area contributed by atoms with Gasteiger partial charge in [-0.05, 0) is 55.8 Å². The Labute approximate surface area is 251 Å². The molecule has 4 aromatic rings. The average molecular weight is 605 g/mol. The molecule has 3 atom stereocenters. The number of rotatable bonds is 5. The first-order valence-corrected chi connectivity index (χ1v) is 14.8. The maximum Gasteiger partial charge on any atom is 0.319 e. The van der Waals surface area contributed by atoms with Gasteiger partial charge in [0.25, 0.3) is 0 Å². The van der Waals surface area contributed by atoms with Gasteiger partial charge in [0.15, 0.2) is 11.6 Å². The third kappa shape index (κ3) is 4.85. The summed E-state index contributed by atoms with van der Waals surface area (Å²) in [5.41, 5.74) is 2.41. The van der Waals surface area contributed by atoms with Gasteiger partial charge >= 0.3 is 6.01 Å². The molecule has 3 aliphatic rings. The van der Waals surface area contributed by atoms with Gasteiger partial charge in [-0.2, -0.15) is 9.97 Å². The summed E-state index contributed by atoms with van der Waals surface area (Å²) in [5, 5.41) is 23.3. The minimum absolute atomic E-state index is 0.0818. The summed E-state index contributed by atoms with van der Waals surface area (Å²) < 4.78 is 52.0. The lowest BCUT2D eigenvalue weighted by Gasteiger charge is -2.31. The van der Waals surface area contributed by atoms with Gasteiger partial charge in [0, 0.05) is 43.2 Å². The van der Waals surface area contributed by atoms with Crippen LogP contribution in [-0.4, -0.2) is 80.7 Å². The number of pyridine rings is 1. The Bertz CT molecular complexity index is 1820. The highest BCUT2D eigenvalue weighted by Crippen LogP contribution is 2.41. The molecule has 12 heteroatoms. The molecule has 3 fully saturated rings. The topological polar surface area (TPSA) is 107 Å². The van der Waals surface area contributed by atoms with E-state index in [1.807, 2.05) is 0 Å². The molecule has 1 unspecified atom stereocenters. The number of phenolic OH excluding ortho intramolecular Hbond substituents is 1. The van der Waals surface area contributed by atoms with Gasteiger partial charge in [0.05, 0.1) is 22.6 Å². The molecule has 2 aromatic carbocycles. The molecule has 0 amide bonds. The molecule has 7 rings (SSSR count). The lowest BCUT2D eigenvalue weighted by Crippen LogP contribution is -2.43. The highest BCUT2D eigenvalue weighted by molar-refractivity contribution is 6.03. The third-order valence-electron chi connectivity index (χ3n) is 9.02. The minimum Gasteiger partial charge on any atom is -0.508 e. The van der Waals surface area contributed by atoms with Crippen LogP contribution in [0.5, 0.6) is 11.8 Å². The number of hydrogen-bond acceptors (Lipinski definition) is 9. The van der Waals surface area contributed by atoms with Crippen molar-refractivity contribution in [3.05, 3.63) is 47.7 Å². The van der Waals surface area contributed by atoms with Crippen molar-refractivity contribution in [3.8, 4) is 35.4 Å². The van der Waals surface area contributed by atoms with Crippen molar-refractivity contribution in [1.82, 2.24) is 25.3 Å². The third-order valence-corrected chi connectivity index (χ3v) is 9.02. The molecule has 5 heterocycles. The van der Waals surface area contributed by atoms with Gasteiger partial charge in [-0.3, -0.25) is 14.9 Å². The molecule has 3 N–H and O–H groups in total. The zero-order valence-electron chi connectivity index (χ0n) is 23.9. The number of nitrogens with zero attached hydrogens (tertiary/aromatic N) is 5. The second-order valence-corrected chi connectivity index (χ2v) is 11.8. The molecule has 0 saturated carbocycles. The van der Waals surface area contributed by atoms with Gasteiger partial charge in [0.1, 0.15) is 35.6 Å². The smallest absolute Gasteiger partial charge is 0.319 e. The van der Waals surface area contributed by atoms with Gasteiger partial charge in [0.2, 0.25) is 0 Å². The van der Waals surface area contributed by atoms with E-state index < -0.39 is 29.4 Å². The molecule has 0 bridgehead atoms. The maximum absolute atomic E-state index is 16.7. The van der Waals surface area contributed by atoms with Gasteiger partial charge in [-0.1, -0.05) is 12.0 Å². The Morgan fingerprint density at radius 1 is 1.18 bits per heavy atom. The first-order chi connectivity index (χ1) is 21.3. The number of hydrogen-bond donors (Lipinski definition) is 3.